The predicted molar refractivity (Wildman–Crippen MR) is 81.7 cm³/mol. The largest absolute Gasteiger partial charge is 0.490 e. The Labute approximate surface area is 115 Å². The van der Waals surface area contributed by atoms with Crippen molar-refractivity contribution in [3.05, 3.63) is 35.4 Å². The second-order valence-electron chi connectivity index (χ2n) is 4.91. The maximum atomic E-state index is 5.74. The SMILES string of the molecule is CC/C(C)=C\C(=NC)c1ccc2c(c1)OCCN2C. The molecule has 0 fully saturated rings. The highest BCUT2D eigenvalue weighted by atomic mass is 16.5. The molecule has 3 nitrogen and oxygen atoms in total. The van der Waals surface area contributed by atoms with Gasteiger partial charge in [-0.1, -0.05) is 18.6 Å². The van der Waals surface area contributed by atoms with E-state index in [1.54, 1.807) is 0 Å². The van der Waals surface area contributed by atoms with Crippen molar-refractivity contribution in [1.82, 2.24) is 0 Å². The summed E-state index contributed by atoms with van der Waals surface area (Å²) in [6.07, 6.45) is 3.19. The molecule has 0 saturated carbocycles. The van der Waals surface area contributed by atoms with Crippen molar-refractivity contribution in [3.63, 3.8) is 0 Å². The van der Waals surface area contributed by atoms with Crippen molar-refractivity contribution in [2.45, 2.75) is 20.3 Å². The van der Waals surface area contributed by atoms with Crippen LogP contribution in [0.5, 0.6) is 5.75 Å². The van der Waals surface area contributed by atoms with Crippen LogP contribution in [0.3, 0.4) is 0 Å². The quantitative estimate of drug-likeness (QED) is 0.777. The third kappa shape index (κ3) is 2.98. The number of hydrogen-bond acceptors (Lipinski definition) is 3. The third-order valence-corrected chi connectivity index (χ3v) is 3.53. The Morgan fingerprint density at radius 3 is 2.95 bits per heavy atom. The first-order chi connectivity index (χ1) is 9.15. The van der Waals surface area contributed by atoms with E-state index in [9.17, 15) is 0 Å². The van der Waals surface area contributed by atoms with Crippen molar-refractivity contribution in [3.8, 4) is 5.75 Å². The minimum atomic E-state index is 0.745. The molecule has 102 valence electrons. The molecule has 1 heterocycles. The summed E-state index contributed by atoms with van der Waals surface area (Å²) in [5.74, 6) is 0.954. The predicted octanol–water partition coefficient (Wildman–Crippen LogP) is 3.29. The second-order valence-corrected chi connectivity index (χ2v) is 4.91. The lowest BCUT2D eigenvalue weighted by atomic mass is 10.0. The maximum absolute atomic E-state index is 5.74. The number of benzene rings is 1. The first kappa shape index (κ1) is 13.7. The number of anilines is 1. The van der Waals surface area contributed by atoms with Gasteiger partial charge in [-0.2, -0.15) is 0 Å². The van der Waals surface area contributed by atoms with Gasteiger partial charge in [-0.25, -0.2) is 0 Å². The van der Waals surface area contributed by atoms with E-state index in [0.29, 0.717) is 0 Å². The molecule has 0 unspecified atom stereocenters. The molecule has 19 heavy (non-hydrogen) atoms. The second kappa shape index (κ2) is 5.91. The van der Waals surface area contributed by atoms with E-state index >= 15 is 0 Å². The molecule has 1 aliphatic rings. The molecule has 0 saturated heterocycles. The molecular weight excluding hydrogens is 236 g/mol. The van der Waals surface area contributed by atoms with Crippen LogP contribution in [-0.4, -0.2) is 33.0 Å². The highest BCUT2D eigenvalue weighted by Crippen LogP contribution is 2.31. The van der Waals surface area contributed by atoms with Crippen LogP contribution in [0.15, 0.2) is 34.8 Å². The van der Waals surface area contributed by atoms with Gasteiger partial charge < -0.3 is 9.64 Å². The lowest BCUT2D eigenvalue weighted by molar-refractivity contribution is 0.311. The van der Waals surface area contributed by atoms with E-state index < -0.39 is 0 Å². The number of allylic oxidation sites excluding steroid dienone is 2. The van der Waals surface area contributed by atoms with E-state index in [1.165, 1.54) is 5.57 Å². The average Bonchev–Trinajstić information content (AvgIpc) is 2.44. The van der Waals surface area contributed by atoms with Crippen LogP contribution in [-0.2, 0) is 0 Å². The molecule has 0 aliphatic carbocycles. The number of likely N-dealkylation sites (N-methyl/N-ethyl adjacent to an activating group) is 1. The molecule has 3 heteroatoms. The summed E-state index contributed by atoms with van der Waals surface area (Å²) < 4.78 is 5.74. The standard InChI is InChI=1S/C16H22N2O/c1-5-12(2)10-14(17-3)13-6-7-15-16(11-13)19-9-8-18(15)4/h6-7,10-11H,5,8-9H2,1-4H3/b12-10-,17-14?. The molecule has 0 spiro atoms. The van der Waals surface area contributed by atoms with Gasteiger partial charge in [0, 0.05) is 19.7 Å². The van der Waals surface area contributed by atoms with Crippen LogP contribution in [0.1, 0.15) is 25.8 Å². The fraction of sp³-hybridized carbons (Fsp3) is 0.438. The summed E-state index contributed by atoms with van der Waals surface area (Å²) in [5, 5.41) is 0. The molecule has 1 aliphatic heterocycles. The van der Waals surface area contributed by atoms with Gasteiger partial charge in [-0.05, 0) is 31.6 Å². The maximum Gasteiger partial charge on any atom is 0.143 e. The Hall–Kier alpha value is -1.77. The van der Waals surface area contributed by atoms with E-state index in [0.717, 1.165) is 42.3 Å². The summed E-state index contributed by atoms with van der Waals surface area (Å²) in [7, 11) is 3.93. The molecule has 2 rings (SSSR count). The monoisotopic (exact) mass is 258 g/mol. The number of ether oxygens (including phenoxy) is 1. The first-order valence-corrected chi connectivity index (χ1v) is 6.78. The van der Waals surface area contributed by atoms with Crippen LogP contribution < -0.4 is 9.64 Å². The molecule has 0 atom stereocenters. The molecule has 1 aromatic rings. The van der Waals surface area contributed by atoms with Crippen LogP contribution in [0.25, 0.3) is 0 Å². The van der Waals surface area contributed by atoms with Crippen LogP contribution in [0.2, 0.25) is 0 Å². The van der Waals surface area contributed by atoms with Gasteiger partial charge in [0.15, 0.2) is 0 Å². The number of rotatable bonds is 3. The van der Waals surface area contributed by atoms with Crippen molar-refractivity contribution in [2.24, 2.45) is 4.99 Å². The van der Waals surface area contributed by atoms with Crippen LogP contribution in [0.4, 0.5) is 5.69 Å². The fourth-order valence-corrected chi connectivity index (χ4v) is 2.13. The lowest BCUT2D eigenvalue weighted by Crippen LogP contribution is -2.28. The molecule has 0 bridgehead atoms. The Kier molecular flexibility index (Phi) is 4.25. The first-order valence-electron chi connectivity index (χ1n) is 6.78. The van der Waals surface area contributed by atoms with Gasteiger partial charge in [0.25, 0.3) is 0 Å². The van der Waals surface area contributed by atoms with Gasteiger partial charge in [-0.3, -0.25) is 4.99 Å². The van der Waals surface area contributed by atoms with E-state index in [4.69, 9.17) is 4.74 Å². The molecular formula is C16H22N2O. The van der Waals surface area contributed by atoms with Gasteiger partial charge in [0.2, 0.25) is 0 Å². The van der Waals surface area contributed by atoms with Crippen molar-refractivity contribution < 1.29 is 4.74 Å². The molecule has 0 radical (unpaired) electrons. The van der Waals surface area contributed by atoms with E-state index in [-0.39, 0.29) is 0 Å². The Morgan fingerprint density at radius 2 is 2.26 bits per heavy atom. The smallest absolute Gasteiger partial charge is 0.143 e. The van der Waals surface area contributed by atoms with E-state index in [1.807, 2.05) is 7.05 Å². The summed E-state index contributed by atoms with van der Waals surface area (Å²) in [6.45, 7) is 5.98. The Bertz CT molecular complexity index is 517. The molecule has 1 aromatic carbocycles. The van der Waals surface area contributed by atoms with Crippen LogP contribution >= 0.6 is 0 Å². The zero-order valence-corrected chi connectivity index (χ0v) is 12.2. The molecule has 0 N–H and O–H groups in total. The van der Waals surface area contributed by atoms with Gasteiger partial charge in [-0.15, -0.1) is 0 Å². The Balaban J connectivity index is 2.36. The summed E-state index contributed by atoms with van der Waals surface area (Å²) in [5.41, 5.74) is 4.61. The summed E-state index contributed by atoms with van der Waals surface area (Å²) in [6, 6.07) is 6.32. The normalized spacial score (nSPS) is 16.1. The number of fused-ring (bicyclic) bond motifs is 1. The van der Waals surface area contributed by atoms with Crippen molar-refractivity contribution in [1.29, 1.82) is 0 Å². The molecule has 0 aromatic heterocycles. The molecule has 0 amide bonds. The summed E-state index contributed by atoms with van der Waals surface area (Å²) in [4.78, 5) is 6.61. The average molecular weight is 258 g/mol. The highest BCUT2D eigenvalue weighted by Gasteiger charge is 2.15. The van der Waals surface area contributed by atoms with Gasteiger partial charge in [0.05, 0.1) is 17.9 Å². The fourth-order valence-electron chi connectivity index (χ4n) is 2.13. The number of nitrogens with zero attached hydrogens (tertiary/aromatic N) is 2. The highest BCUT2D eigenvalue weighted by molar-refractivity contribution is 6.09. The number of hydrogen-bond donors (Lipinski definition) is 0. The van der Waals surface area contributed by atoms with E-state index in [2.05, 4.69) is 55.1 Å². The minimum absolute atomic E-state index is 0.745. The third-order valence-electron chi connectivity index (χ3n) is 3.53. The van der Waals surface area contributed by atoms with Gasteiger partial charge in [0.1, 0.15) is 12.4 Å². The van der Waals surface area contributed by atoms with Crippen LogP contribution in [0, 0.1) is 0 Å². The minimum Gasteiger partial charge on any atom is -0.490 e. The van der Waals surface area contributed by atoms with Crippen molar-refractivity contribution in [2.75, 3.05) is 32.1 Å². The number of aliphatic imine (C=N–C) groups is 1. The zero-order chi connectivity index (χ0) is 13.8. The summed E-state index contributed by atoms with van der Waals surface area (Å²) >= 11 is 0. The van der Waals surface area contributed by atoms with Crippen molar-refractivity contribution >= 4 is 11.4 Å². The topological polar surface area (TPSA) is 24.8 Å². The zero-order valence-electron chi connectivity index (χ0n) is 12.2. The van der Waals surface area contributed by atoms with Gasteiger partial charge >= 0.3 is 0 Å². The lowest BCUT2D eigenvalue weighted by Gasteiger charge is -2.28. The Morgan fingerprint density at radius 1 is 1.47 bits per heavy atom.